The first-order valence-corrected chi connectivity index (χ1v) is 8.63. The number of benzene rings is 2. The van der Waals surface area contributed by atoms with Crippen LogP contribution in [0.3, 0.4) is 0 Å². The Bertz CT molecular complexity index is 945. The predicted octanol–water partition coefficient (Wildman–Crippen LogP) is 0.992. The zero-order chi connectivity index (χ0) is 19.5. The fraction of sp³-hybridized carbons (Fsp3) is 0.211. The lowest BCUT2D eigenvalue weighted by molar-refractivity contribution is -0.124. The fourth-order valence-electron chi connectivity index (χ4n) is 2.91. The SMILES string of the molecule is O=C(CN1C(=O)CCOc2ccccc21)NNC(=O)c1ccc2c(c1)OCO2. The molecule has 4 rings (SSSR count). The number of carbonyl (C=O) groups is 3. The maximum Gasteiger partial charge on any atom is 0.269 e. The molecule has 0 bridgehead atoms. The molecule has 0 saturated heterocycles. The normalized spacial score (nSPS) is 14.6. The van der Waals surface area contributed by atoms with Crippen molar-refractivity contribution in [1.29, 1.82) is 0 Å². The molecule has 9 nitrogen and oxygen atoms in total. The number of para-hydroxylation sites is 2. The van der Waals surface area contributed by atoms with E-state index in [1.54, 1.807) is 36.4 Å². The lowest BCUT2D eigenvalue weighted by Gasteiger charge is -2.21. The van der Waals surface area contributed by atoms with Crippen molar-refractivity contribution in [3.63, 3.8) is 0 Å². The molecule has 0 atom stereocenters. The highest BCUT2D eigenvalue weighted by Gasteiger charge is 2.25. The summed E-state index contributed by atoms with van der Waals surface area (Å²) in [7, 11) is 0. The fourth-order valence-corrected chi connectivity index (χ4v) is 2.91. The van der Waals surface area contributed by atoms with E-state index in [9.17, 15) is 14.4 Å². The van der Waals surface area contributed by atoms with E-state index in [1.807, 2.05) is 0 Å². The topological polar surface area (TPSA) is 106 Å². The number of amides is 3. The van der Waals surface area contributed by atoms with Gasteiger partial charge in [0.25, 0.3) is 11.8 Å². The third-order valence-electron chi connectivity index (χ3n) is 4.28. The molecule has 0 fully saturated rings. The third-order valence-corrected chi connectivity index (χ3v) is 4.28. The molecular weight excluding hydrogens is 366 g/mol. The van der Waals surface area contributed by atoms with Crippen molar-refractivity contribution in [2.45, 2.75) is 6.42 Å². The van der Waals surface area contributed by atoms with Crippen molar-refractivity contribution in [3.8, 4) is 17.2 Å². The van der Waals surface area contributed by atoms with Crippen LogP contribution in [0.5, 0.6) is 17.2 Å². The Hall–Kier alpha value is -3.75. The lowest BCUT2D eigenvalue weighted by Crippen LogP contribution is -2.47. The average Bonchev–Trinajstić information content (AvgIpc) is 3.12. The molecule has 0 aliphatic carbocycles. The van der Waals surface area contributed by atoms with Crippen LogP contribution < -0.4 is 30.0 Å². The Morgan fingerprint density at radius 2 is 1.79 bits per heavy atom. The van der Waals surface area contributed by atoms with Gasteiger partial charge in [-0.1, -0.05) is 12.1 Å². The largest absolute Gasteiger partial charge is 0.491 e. The number of fused-ring (bicyclic) bond motifs is 2. The Labute approximate surface area is 160 Å². The number of nitrogens with zero attached hydrogens (tertiary/aromatic N) is 1. The van der Waals surface area contributed by atoms with E-state index < -0.39 is 11.8 Å². The summed E-state index contributed by atoms with van der Waals surface area (Å²) in [6.07, 6.45) is 0.158. The van der Waals surface area contributed by atoms with Gasteiger partial charge in [0.1, 0.15) is 12.3 Å². The highest BCUT2D eigenvalue weighted by molar-refractivity contribution is 6.01. The van der Waals surface area contributed by atoms with Crippen LogP contribution in [0.15, 0.2) is 42.5 Å². The van der Waals surface area contributed by atoms with Crippen molar-refractivity contribution in [2.24, 2.45) is 0 Å². The van der Waals surface area contributed by atoms with Crippen molar-refractivity contribution in [2.75, 3.05) is 24.8 Å². The molecule has 0 radical (unpaired) electrons. The minimum atomic E-state index is -0.542. The minimum absolute atomic E-state index is 0.103. The summed E-state index contributed by atoms with van der Waals surface area (Å²) < 4.78 is 16.0. The molecule has 2 aliphatic rings. The van der Waals surface area contributed by atoms with E-state index in [0.29, 0.717) is 28.5 Å². The van der Waals surface area contributed by atoms with Gasteiger partial charge < -0.3 is 14.2 Å². The Balaban J connectivity index is 1.39. The second-order valence-corrected chi connectivity index (χ2v) is 6.12. The van der Waals surface area contributed by atoms with Crippen LogP contribution >= 0.6 is 0 Å². The number of carbonyl (C=O) groups excluding carboxylic acids is 3. The molecule has 2 N–H and O–H groups in total. The molecule has 2 heterocycles. The lowest BCUT2D eigenvalue weighted by atomic mass is 10.2. The summed E-state index contributed by atoms with van der Waals surface area (Å²) in [4.78, 5) is 38.2. The summed E-state index contributed by atoms with van der Waals surface area (Å²) in [5.41, 5.74) is 5.47. The van der Waals surface area contributed by atoms with Crippen LogP contribution in [0.25, 0.3) is 0 Å². The summed E-state index contributed by atoms with van der Waals surface area (Å²) in [5.74, 6) is 0.261. The monoisotopic (exact) mass is 383 g/mol. The van der Waals surface area contributed by atoms with Gasteiger partial charge in [-0.25, -0.2) is 0 Å². The molecule has 0 unspecified atom stereocenters. The van der Waals surface area contributed by atoms with E-state index in [4.69, 9.17) is 14.2 Å². The Morgan fingerprint density at radius 1 is 0.964 bits per heavy atom. The van der Waals surface area contributed by atoms with Crippen molar-refractivity contribution >= 4 is 23.4 Å². The van der Waals surface area contributed by atoms with E-state index in [1.165, 1.54) is 11.0 Å². The molecule has 9 heteroatoms. The highest BCUT2D eigenvalue weighted by Crippen LogP contribution is 2.32. The first-order valence-electron chi connectivity index (χ1n) is 8.63. The second kappa shape index (κ2) is 7.47. The highest BCUT2D eigenvalue weighted by atomic mass is 16.7. The van der Waals surface area contributed by atoms with Gasteiger partial charge in [0.2, 0.25) is 12.7 Å². The molecule has 2 aliphatic heterocycles. The molecule has 0 spiro atoms. The van der Waals surface area contributed by atoms with Gasteiger partial charge in [0.15, 0.2) is 11.5 Å². The minimum Gasteiger partial charge on any atom is -0.491 e. The molecule has 0 aromatic heterocycles. The first kappa shape index (κ1) is 17.7. The average molecular weight is 383 g/mol. The molecule has 144 valence electrons. The van der Waals surface area contributed by atoms with Gasteiger partial charge in [0.05, 0.1) is 18.7 Å². The number of hydrogen-bond acceptors (Lipinski definition) is 6. The number of anilines is 1. The zero-order valence-electron chi connectivity index (χ0n) is 14.8. The second-order valence-electron chi connectivity index (χ2n) is 6.12. The predicted molar refractivity (Wildman–Crippen MR) is 97.1 cm³/mol. The summed E-state index contributed by atoms with van der Waals surface area (Å²) >= 11 is 0. The van der Waals surface area contributed by atoms with Crippen LogP contribution in [-0.4, -0.2) is 37.7 Å². The van der Waals surface area contributed by atoms with Gasteiger partial charge in [-0.05, 0) is 30.3 Å². The quantitative estimate of drug-likeness (QED) is 0.766. The van der Waals surface area contributed by atoms with Gasteiger partial charge in [-0.3, -0.25) is 30.1 Å². The Morgan fingerprint density at radius 3 is 2.68 bits per heavy atom. The van der Waals surface area contributed by atoms with Crippen molar-refractivity contribution in [3.05, 3.63) is 48.0 Å². The Kier molecular flexibility index (Phi) is 4.71. The number of hydrogen-bond donors (Lipinski definition) is 2. The molecule has 2 aromatic carbocycles. The molecule has 2 aromatic rings. The van der Waals surface area contributed by atoms with Crippen LogP contribution in [0.2, 0.25) is 0 Å². The van der Waals surface area contributed by atoms with E-state index in [-0.39, 0.29) is 32.3 Å². The van der Waals surface area contributed by atoms with Gasteiger partial charge in [-0.15, -0.1) is 0 Å². The molecular formula is C19H17N3O6. The van der Waals surface area contributed by atoms with Crippen molar-refractivity contribution in [1.82, 2.24) is 10.9 Å². The van der Waals surface area contributed by atoms with E-state index in [0.717, 1.165) is 0 Å². The maximum atomic E-state index is 12.3. The van der Waals surface area contributed by atoms with Crippen LogP contribution in [0.1, 0.15) is 16.8 Å². The maximum absolute atomic E-state index is 12.3. The number of nitrogens with one attached hydrogen (secondary N) is 2. The summed E-state index contributed by atoms with van der Waals surface area (Å²) in [5, 5.41) is 0. The van der Waals surface area contributed by atoms with Crippen LogP contribution in [-0.2, 0) is 9.59 Å². The molecule has 0 saturated carbocycles. The third kappa shape index (κ3) is 3.54. The van der Waals surface area contributed by atoms with Gasteiger partial charge >= 0.3 is 0 Å². The van der Waals surface area contributed by atoms with E-state index >= 15 is 0 Å². The van der Waals surface area contributed by atoms with E-state index in [2.05, 4.69) is 10.9 Å². The van der Waals surface area contributed by atoms with Gasteiger partial charge in [-0.2, -0.15) is 0 Å². The standard InChI is InChI=1S/C19H17N3O6/c23-17(10-22-13-3-1-2-4-14(13)26-8-7-18(22)24)20-21-19(25)12-5-6-15-16(9-12)28-11-27-15/h1-6,9H,7-8,10-11H2,(H,20,23)(H,21,25). The summed E-state index contributed by atoms with van der Waals surface area (Å²) in [6, 6.07) is 11.7. The van der Waals surface area contributed by atoms with Gasteiger partial charge in [0, 0.05) is 5.56 Å². The smallest absolute Gasteiger partial charge is 0.269 e. The molecule has 3 amide bonds. The number of ether oxygens (including phenoxy) is 3. The van der Waals surface area contributed by atoms with Crippen molar-refractivity contribution < 1.29 is 28.6 Å². The van der Waals surface area contributed by atoms with Crippen LogP contribution in [0.4, 0.5) is 5.69 Å². The zero-order valence-corrected chi connectivity index (χ0v) is 14.8. The molecule has 28 heavy (non-hydrogen) atoms. The summed E-state index contributed by atoms with van der Waals surface area (Å²) in [6.45, 7) is 0.0988. The van der Waals surface area contributed by atoms with Crippen LogP contribution in [0, 0.1) is 0 Å². The first-order chi connectivity index (χ1) is 13.6. The number of rotatable bonds is 3. The number of hydrazine groups is 1.